The number of amides is 1. The van der Waals surface area contributed by atoms with E-state index in [1.54, 1.807) is 11.9 Å². The van der Waals surface area contributed by atoms with Gasteiger partial charge in [-0.2, -0.15) is 0 Å². The fourth-order valence-corrected chi connectivity index (χ4v) is 2.70. The first kappa shape index (κ1) is 21.5. The van der Waals surface area contributed by atoms with E-state index in [0.717, 1.165) is 37.5 Å². The number of hydrogen-bond donors (Lipinski definition) is 2. The maximum Gasteiger partial charge on any atom is 0.409 e. The van der Waals surface area contributed by atoms with Crippen LogP contribution in [-0.2, 0) is 11.2 Å². The highest BCUT2D eigenvalue weighted by Gasteiger charge is 2.23. The molecule has 0 aromatic carbocycles. The molecule has 7 nitrogen and oxygen atoms in total. The molecule has 1 aliphatic rings. The smallest absolute Gasteiger partial charge is 0.409 e. The van der Waals surface area contributed by atoms with Gasteiger partial charge in [0, 0.05) is 44.6 Å². The zero-order valence-electron chi connectivity index (χ0n) is 15.1. The van der Waals surface area contributed by atoms with Crippen molar-refractivity contribution in [2.24, 2.45) is 4.99 Å². The average Bonchev–Trinajstić information content (AvgIpc) is 2.62. The Morgan fingerprint density at radius 1 is 1.40 bits per heavy atom. The Kier molecular flexibility index (Phi) is 9.54. The van der Waals surface area contributed by atoms with E-state index in [9.17, 15) is 4.79 Å². The summed E-state index contributed by atoms with van der Waals surface area (Å²) in [5.41, 5.74) is 2.23. The Bertz CT molecular complexity index is 557. The quantitative estimate of drug-likeness (QED) is 0.407. The molecule has 1 aromatic rings. The number of likely N-dealkylation sites (tertiary alicyclic amines) is 1. The fourth-order valence-electron chi connectivity index (χ4n) is 2.70. The summed E-state index contributed by atoms with van der Waals surface area (Å²) in [4.78, 5) is 21.8. The molecule has 1 amide bonds. The second kappa shape index (κ2) is 11.1. The number of halogens is 1. The molecule has 25 heavy (non-hydrogen) atoms. The van der Waals surface area contributed by atoms with Gasteiger partial charge < -0.3 is 20.3 Å². The maximum absolute atomic E-state index is 11.5. The first-order chi connectivity index (χ1) is 11.6. The lowest BCUT2D eigenvalue weighted by Crippen LogP contribution is -2.50. The van der Waals surface area contributed by atoms with Crippen LogP contribution in [0.1, 0.15) is 24.1 Å². The average molecular weight is 461 g/mol. The standard InChI is InChI=1S/C17H27N5O2.HI/c1-13-4-5-14(12-20-13)6-9-19-16(18-2)21-15-7-10-22(11-8-15)17(23)24-3;/h4-5,12,15H,6-11H2,1-3H3,(H2,18,19,21);1H. The van der Waals surface area contributed by atoms with Gasteiger partial charge in [0.25, 0.3) is 0 Å². The molecule has 0 bridgehead atoms. The van der Waals surface area contributed by atoms with Crippen molar-refractivity contribution < 1.29 is 9.53 Å². The Labute approximate surface area is 166 Å². The molecule has 0 radical (unpaired) electrons. The number of ether oxygens (including phenoxy) is 1. The summed E-state index contributed by atoms with van der Waals surface area (Å²) in [6.45, 7) is 4.19. The number of methoxy groups -OCH3 is 1. The Balaban J connectivity index is 0.00000312. The minimum absolute atomic E-state index is 0. The number of carbonyl (C=O) groups excluding carboxylic acids is 1. The second-order valence-electron chi connectivity index (χ2n) is 5.93. The summed E-state index contributed by atoms with van der Waals surface area (Å²) in [7, 11) is 3.19. The van der Waals surface area contributed by atoms with Gasteiger partial charge in [-0.3, -0.25) is 9.98 Å². The number of nitrogens with one attached hydrogen (secondary N) is 2. The Morgan fingerprint density at radius 3 is 2.68 bits per heavy atom. The topological polar surface area (TPSA) is 78.9 Å². The summed E-state index contributed by atoms with van der Waals surface area (Å²) < 4.78 is 4.76. The van der Waals surface area contributed by atoms with Crippen molar-refractivity contribution in [3.8, 4) is 0 Å². The Hall–Kier alpha value is -1.58. The molecular weight excluding hydrogens is 433 g/mol. The molecule has 2 heterocycles. The number of pyridine rings is 1. The molecule has 1 fully saturated rings. The molecule has 0 saturated carbocycles. The monoisotopic (exact) mass is 461 g/mol. The van der Waals surface area contributed by atoms with Gasteiger partial charge in [-0.25, -0.2) is 4.79 Å². The van der Waals surface area contributed by atoms with Crippen molar-refractivity contribution in [1.82, 2.24) is 20.5 Å². The lowest BCUT2D eigenvalue weighted by Gasteiger charge is -2.32. The molecule has 0 spiro atoms. The summed E-state index contributed by atoms with van der Waals surface area (Å²) in [5.74, 6) is 0.798. The third-order valence-electron chi connectivity index (χ3n) is 4.17. The number of nitrogens with zero attached hydrogens (tertiary/aromatic N) is 3. The zero-order chi connectivity index (χ0) is 17.4. The molecule has 1 aromatic heterocycles. The molecule has 1 saturated heterocycles. The first-order valence-electron chi connectivity index (χ1n) is 8.34. The van der Waals surface area contributed by atoms with Crippen LogP contribution in [0.5, 0.6) is 0 Å². The highest BCUT2D eigenvalue weighted by Crippen LogP contribution is 2.11. The van der Waals surface area contributed by atoms with Gasteiger partial charge in [0.05, 0.1) is 7.11 Å². The molecular formula is C17H28IN5O2. The van der Waals surface area contributed by atoms with Crippen LogP contribution in [0.3, 0.4) is 0 Å². The number of aliphatic imine (C=N–C) groups is 1. The molecule has 140 valence electrons. The van der Waals surface area contributed by atoms with E-state index in [1.807, 2.05) is 19.2 Å². The van der Waals surface area contributed by atoms with Crippen LogP contribution in [0.2, 0.25) is 0 Å². The van der Waals surface area contributed by atoms with Crippen molar-refractivity contribution in [1.29, 1.82) is 0 Å². The second-order valence-corrected chi connectivity index (χ2v) is 5.93. The van der Waals surface area contributed by atoms with E-state index in [4.69, 9.17) is 4.74 Å². The van der Waals surface area contributed by atoms with Crippen LogP contribution in [0.4, 0.5) is 4.79 Å². The molecule has 8 heteroatoms. The van der Waals surface area contributed by atoms with Crippen LogP contribution in [0.25, 0.3) is 0 Å². The maximum atomic E-state index is 11.5. The first-order valence-corrected chi connectivity index (χ1v) is 8.34. The summed E-state index contributed by atoms with van der Waals surface area (Å²) in [5, 5.41) is 6.75. The number of rotatable bonds is 4. The van der Waals surface area contributed by atoms with Gasteiger partial charge in [-0.05, 0) is 37.8 Å². The van der Waals surface area contributed by atoms with E-state index in [0.29, 0.717) is 19.1 Å². The number of hydrogen-bond acceptors (Lipinski definition) is 4. The van der Waals surface area contributed by atoms with Gasteiger partial charge in [0.15, 0.2) is 5.96 Å². The van der Waals surface area contributed by atoms with Gasteiger partial charge in [-0.15, -0.1) is 24.0 Å². The minimum atomic E-state index is -0.248. The summed E-state index contributed by atoms with van der Waals surface area (Å²) >= 11 is 0. The largest absolute Gasteiger partial charge is 0.453 e. The van der Waals surface area contributed by atoms with Crippen molar-refractivity contribution >= 4 is 36.0 Å². The number of carbonyl (C=O) groups is 1. The highest BCUT2D eigenvalue weighted by molar-refractivity contribution is 14.0. The fraction of sp³-hybridized carbons (Fsp3) is 0.588. The number of piperidine rings is 1. The lowest BCUT2D eigenvalue weighted by atomic mass is 10.1. The van der Waals surface area contributed by atoms with Crippen molar-refractivity contribution in [2.45, 2.75) is 32.2 Å². The Morgan fingerprint density at radius 2 is 2.12 bits per heavy atom. The van der Waals surface area contributed by atoms with E-state index < -0.39 is 0 Å². The number of aromatic nitrogens is 1. The molecule has 0 aliphatic carbocycles. The van der Waals surface area contributed by atoms with Crippen LogP contribution >= 0.6 is 24.0 Å². The number of guanidine groups is 1. The minimum Gasteiger partial charge on any atom is -0.453 e. The third kappa shape index (κ3) is 7.05. The van der Waals surface area contributed by atoms with E-state index >= 15 is 0 Å². The molecule has 0 unspecified atom stereocenters. The van der Waals surface area contributed by atoms with Crippen LogP contribution < -0.4 is 10.6 Å². The van der Waals surface area contributed by atoms with Crippen LogP contribution in [0.15, 0.2) is 23.3 Å². The molecule has 1 aliphatic heterocycles. The molecule has 2 N–H and O–H groups in total. The molecule has 0 atom stereocenters. The van der Waals surface area contributed by atoms with Gasteiger partial charge >= 0.3 is 6.09 Å². The normalized spacial score (nSPS) is 15.3. The predicted molar refractivity (Wildman–Crippen MR) is 110 cm³/mol. The van der Waals surface area contributed by atoms with E-state index in [1.165, 1.54) is 12.7 Å². The van der Waals surface area contributed by atoms with E-state index in [-0.39, 0.29) is 30.1 Å². The van der Waals surface area contributed by atoms with Crippen LogP contribution in [0, 0.1) is 6.92 Å². The highest BCUT2D eigenvalue weighted by atomic mass is 127. The van der Waals surface area contributed by atoms with Crippen molar-refractivity contribution in [3.05, 3.63) is 29.6 Å². The van der Waals surface area contributed by atoms with Crippen molar-refractivity contribution in [2.75, 3.05) is 33.8 Å². The summed E-state index contributed by atoms with van der Waals surface area (Å²) in [6.07, 6.45) is 4.34. The zero-order valence-corrected chi connectivity index (χ0v) is 17.4. The lowest BCUT2D eigenvalue weighted by molar-refractivity contribution is 0.111. The van der Waals surface area contributed by atoms with Crippen molar-refractivity contribution in [3.63, 3.8) is 0 Å². The molecule has 2 rings (SSSR count). The third-order valence-corrected chi connectivity index (χ3v) is 4.17. The summed E-state index contributed by atoms with van der Waals surface area (Å²) in [6, 6.07) is 4.44. The SMILES string of the molecule is CN=C(NCCc1ccc(C)nc1)NC1CCN(C(=O)OC)CC1.I. The predicted octanol–water partition coefficient (Wildman–Crippen LogP) is 1.95. The van der Waals surface area contributed by atoms with E-state index in [2.05, 4.69) is 26.7 Å². The van der Waals surface area contributed by atoms with Gasteiger partial charge in [0.1, 0.15) is 0 Å². The van der Waals surface area contributed by atoms with Gasteiger partial charge in [0.2, 0.25) is 0 Å². The van der Waals surface area contributed by atoms with Crippen LogP contribution in [-0.4, -0.2) is 61.8 Å². The van der Waals surface area contributed by atoms with Gasteiger partial charge in [-0.1, -0.05) is 6.07 Å². The number of aryl methyl sites for hydroxylation is 1.